The monoisotopic (exact) mass is 261 g/mol. The molecule has 1 aliphatic heterocycles. The van der Waals surface area contributed by atoms with Crippen molar-refractivity contribution in [1.82, 2.24) is 4.72 Å². The topological polar surface area (TPSA) is 55.4 Å². The molecule has 2 aliphatic rings. The summed E-state index contributed by atoms with van der Waals surface area (Å²) in [6.07, 6.45) is 4.74. The van der Waals surface area contributed by atoms with Gasteiger partial charge in [0.2, 0.25) is 10.0 Å². The van der Waals surface area contributed by atoms with Crippen molar-refractivity contribution in [2.45, 2.75) is 44.8 Å². The van der Waals surface area contributed by atoms with Crippen LogP contribution in [-0.2, 0) is 14.8 Å². The van der Waals surface area contributed by atoms with Crippen molar-refractivity contribution < 1.29 is 13.2 Å². The zero-order valence-corrected chi connectivity index (χ0v) is 11.6. The fraction of sp³-hybridized carbons (Fsp3) is 1.00. The van der Waals surface area contributed by atoms with Gasteiger partial charge >= 0.3 is 0 Å². The average Bonchev–Trinajstić information content (AvgIpc) is 2.10. The van der Waals surface area contributed by atoms with Gasteiger partial charge in [0.15, 0.2) is 0 Å². The summed E-state index contributed by atoms with van der Waals surface area (Å²) in [6.45, 7) is 5.85. The SMILES string of the molecule is CC1(C)CCCC(CNS(=O)(=O)C2COC2)C1. The lowest BCUT2D eigenvalue weighted by molar-refractivity contribution is 0.0410. The van der Waals surface area contributed by atoms with E-state index >= 15 is 0 Å². The first-order valence-corrected chi connectivity index (χ1v) is 8.00. The van der Waals surface area contributed by atoms with Crippen LogP contribution in [0.1, 0.15) is 39.5 Å². The third-order valence-electron chi connectivity index (χ3n) is 3.93. The molecule has 17 heavy (non-hydrogen) atoms. The molecule has 2 rings (SSSR count). The van der Waals surface area contributed by atoms with Gasteiger partial charge in [0.25, 0.3) is 0 Å². The Bertz CT molecular complexity index is 360. The first kappa shape index (κ1) is 13.3. The summed E-state index contributed by atoms with van der Waals surface area (Å²) in [5, 5.41) is -0.320. The largest absolute Gasteiger partial charge is 0.378 e. The number of hydrogen-bond donors (Lipinski definition) is 1. The maximum Gasteiger partial charge on any atom is 0.219 e. The molecule has 0 spiro atoms. The Balaban J connectivity index is 1.81. The van der Waals surface area contributed by atoms with E-state index in [4.69, 9.17) is 4.74 Å². The smallest absolute Gasteiger partial charge is 0.219 e. The van der Waals surface area contributed by atoms with Crippen molar-refractivity contribution >= 4 is 10.0 Å². The lowest BCUT2D eigenvalue weighted by atomic mass is 9.72. The summed E-state index contributed by atoms with van der Waals surface area (Å²) in [5.74, 6) is 0.495. The van der Waals surface area contributed by atoms with E-state index in [1.165, 1.54) is 12.8 Å². The molecule has 100 valence electrons. The molecular weight excluding hydrogens is 238 g/mol. The van der Waals surface area contributed by atoms with Crippen molar-refractivity contribution in [3.05, 3.63) is 0 Å². The molecule has 5 heteroatoms. The quantitative estimate of drug-likeness (QED) is 0.835. The van der Waals surface area contributed by atoms with Crippen molar-refractivity contribution in [2.24, 2.45) is 11.3 Å². The Hall–Kier alpha value is -0.130. The summed E-state index contributed by atoms with van der Waals surface area (Å²) in [4.78, 5) is 0. The molecule has 0 aromatic heterocycles. The predicted molar refractivity (Wildman–Crippen MR) is 67.3 cm³/mol. The Morgan fingerprint density at radius 3 is 2.59 bits per heavy atom. The molecule has 1 aliphatic carbocycles. The molecule has 4 nitrogen and oxygen atoms in total. The number of hydrogen-bond acceptors (Lipinski definition) is 3. The van der Waals surface area contributed by atoms with Gasteiger partial charge in [-0.3, -0.25) is 0 Å². The van der Waals surface area contributed by atoms with Gasteiger partial charge in [-0.25, -0.2) is 13.1 Å². The highest BCUT2D eigenvalue weighted by Gasteiger charge is 2.34. The highest BCUT2D eigenvalue weighted by Crippen LogP contribution is 2.38. The van der Waals surface area contributed by atoms with Gasteiger partial charge in [-0.15, -0.1) is 0 Å². The van der Waals surface area contributed by atoms with Crippen LogP contribution in [0.2, 0.25) is 0 Å². The van der Waals surface area contributed by atoms with E-state index < -0.39 is 10.0 Å². The second kappa shape index (κ2) is 4.86. The van der Waals surface area contributed by atoms with E-state index in [-0.39, 0.29) is 5.25 Å². The molecule has 0 bridgehead atoms. The Kier molecular flexibility index (Phi) is 3.80. The van der Waals surface area contributed by atoms with Crippen molar-refractivity contribution in [3.8, 4) is 0 Å². The van der Waals surface area contributed by atoms with Gasteiger partial charge in [-0.1, -0.05) is 20.3 Å². The van der Waals surface area contributed by atoms with Gasteiger partial charge in [-0.05, 0) is 30.6 Å². The molecule has 1 saturated heterocycles. The predicted octanol–water partition coefficient (Wildman–Crippen LogP) is 1.52. The first-order chi connectivity index (χ1) is 7.89. The number of rotatable bonds is 4. The maximum atomic E-state index is 11.8. The van der Waals surface area contributed by atoms with Crippen LogP contribution in [0.5, 0.6) is 0 Å². The molecule has 2 fully saturated rings. The molecule has 1 atom stereocenters. The highest BCUT2D eigenvalue weighted by atomic mass is 32.2. The maximum absolute atomic E-state index is 11.8. The van der Waals surface area contributed by atoms with E-state index in [0.717, 1.165) is 12.8 Å². The molecule has 1 heterocycles. The third kappa shape index (κ3) is 3.42. The minimum atomic E-state index is -3.14. The highest BCUT2D eigenvalue weighted by molar-refractivity contribution is 7.90. The van der Waals surface area contributed by atoms with Crippen LogP contribution in [0.25, 0.3) is 0 Å². The zero-order chi connectivity index (χ0) is 12.5. The van der Waals surface area contributed by atoms with E-state index in [9.17, 15) is 8.42 Å². The molecule has 1 saturated carbocycles. The molecule has 1 N–H and O–H groups in total. The normalized spacial score (nSPS) is 29.9. The fourth-order valence-corrected chi connectivity index (χ4v) is 4.03. The molecule has 0 amide bonds. The van der Waals surface area contributed by atoms with Gasteiger partial charge < -0.3 is 4.74 Å². The number of nitrogens with one attached hydrogen (secondary N) is 1. The van der Waals surface area contributed by atoms with Crippen molar-refractivity contribution in [3.63, 3.8) is 0 Å². The van der Waals surface area contributed by atoms with Gasteiger partial charge in [0.05, 0.1) is 13.2 Å². The second-order valence-electron chi connectivity index (χ2n) is 6.18. The van der Waals surface area contributed by atoms with E-state index in [1.807, 2.05) is 0 Å². The average molecular weight is 261 g/mol. The van der Waals surface area contributed by atoms with Crippen molar-refractivity contribution in [1.29, 1.82) is 0 Å². The van der Waals surface area contributed by atoms with Crippen LogP contribution in [0.15, 0.2) is 0 Å². The molecule has 0 aromatic rings. The third-order valence-corrected chi connectivity index (χ3v) is 5.65. The Morgan fingerprint density at radius 2 is 2.06 bits per heavy atom. The van der Waals surface area contributed by atoms with Gasteiger partial charge in [-0.2, -0.15) is 0 Å². The number of ether oxygens (including phenoxy) is 1. The minimum Gasteiger partial charge on any atom is -0.378 e. The van der Waals surface area contributed by atoms with Crippen LogP contribution < -0.4 is 4.72 Å². The van der Waals surface area contributed by atoms with Gasteiger partial charge in [0.1, 0.15) is 5.25 Å². The standard InChI is InChI=1S/C12H23NO3S/c1-12(2)5-3-4-10(6-12)7-13-17(14,15)11-8-16-9-11/h10-11,13H,3-9H2,1-2H3. The molecule has 0 aromatic carbocycles. The summed E-state index contributed by atoms with van der Waals surface area (Å²) < 4.78 is 31.3. The van der Waals surface area contributed by atoms with Gasteiger partial charge in [0, 0.05) is 6.54 Å². The minimum absolute atomic E-state index is 0.320. The van der Waals surface area contributed by atoms with Crippen LogP contribution in [0.4, 0.5) is 0 Å². The Morgan fingerprint density at radius 1 is 1.35 bits per heavy atom. The van der Waals surface area contributed by atoms with E-state index in [1.54, 1.807) is 0 Å². The first-order valence-electron chi connectivity index (χ1n) is 6.45. The lowest BCUT2D eigenvalue weighted by Crippen LogP contribution is -2.48. The van der Waals surface area contributed by atoms with Crippen LogP contribution in [-0.4, -0.2) is 33.4 Å². The molecule has 1 unspecified atom stereocenters. The lowest BCUT2D eigenvalue weighted by Gasteiger charge is -2.35. The summed E-state index contributed by atoms with van der Waals surface area (Å²) >= 11 is 0. The summed E-state index contributed by atoms with van der Waals surface area (Å²) in [5.41, 5.74) is 0.369. The zero-order valence-electron chi connectivity index (χ0n) is 10.7. The number of sulfonamides is 1. The van der Waals surface area contributed by atoms with Crippen LogP contribution >= 0.6 is 0 Å². The van der Waals surface area contributed by atoms with E-state index in [2.05, 4.69) is 18.6 Å². The summed E-state index contributed by atoms with van der Waals surface area (Å²) in [6, 6.07) is 0. The molecule has 0 radical (unpaired) electrons. The summed E-state index contributed by atoms with van der Waals surface area (Å²) in [7, 11) is -3.14. The van der Waals surface area contributed by atoms with E-state index in [0.29, 0.717) is 31.1 Å². The van der Waals surface area contributed by atoms with Crippen LogP contribution in [0, 0.1) is 11.3 Å². The second-order valence-corrected chi connectivity index (χ2v) is 8.22. The Labute approximate surface area is 104 Å². The molecular formula is C12H23NO3S. The fourth-order valence-electron chi connectivity index (χ4n) is 2.77. The van der Waals surface area contributed by atoms with Crippen LogP contribution in [0.3, 0.4) is 0 Å². The van der Waals surface area contributed by atoms with Crippen molar-refractivity contribution in [2.75, 3.05) is 19.8 Å².